The molecule has 3 atom stereocenters. The molecule has 3 unspecified atom stereocenters. The lowest BCUT2D eigenvalue weighted by atomic mass is 9.68. The highest BCUT2D eigenvalue weighted by molar-refractivity contribution is 5.81. The molecular weight excluding hydrogens is 320 g/mol. The van der Waals surface area contributed by atoms with Crippen molar-refractivity contribution in [1.82, 2.24) is 0 Å². The molecule has 0 aliphatic heterocycles. The number of hydrogen-bond donors (Lipinski definition) is 0. The minimum atomic E-state index is 0.252. The summed E-state index contributed by atoms with van der Waals surface area (Å²) in [7, 11) is 1.83. The molecule has 144 valence electrons. The number of benzene rings is 2. The topological polar surface area (TPSA) is 18.5 Å². The highest BCUT2D eigenvalue weighted by Gasteiger charge is 2.44. The molecule has 0 saturated heterocycles. The van der Waals surface area contributed by atoms with E-state index in [2.05, 4.69) is 76.2 Å². The van der Waals surface area contributed by atoms with E-state index in [0.717, 1.165) is 13.0 Å². The van der Waals surface area contributed by atoms with Crippen molar-refractivity contribution in [3.8, 4) is 0 Å². The van der Waals surface area contributed by atoms with Crippen LogP contribution in [0.2, 0.25) is 0 Å². The standard InChI is InChI=1S/C14H28O2.C10H8/c1-6-10-16-13-12(15-5)11(7-2)8-9-14(13,3)4;1-2-6-10-8-4-3-7-9(10)5-1/h11-13H,6-10H2,1-5H3;1-8H. The van der Waals surface area contributed by atoms with Crippen molar-refractivity contribution < 1.29 is 9.47 Å². The van der Waals surface area contributed by atoms with Gasteiger partial charge in [-0.2, -0.15) is 0 Å². The van der Waals surface area contributed by atoms with E-state index in [1.165, 1.54) is 30.0 Å². The van der Waals surface area contributed by atoms with Gasteiger partial charge in [-0.15, -0.1) is 0 Å². The van der Waals surface area contributed by atoms with E-state index < -0.39 is 0 Å². The Labute approximate surface area is 159 Å². The average molecular weight is 357 g/mol. The molecule has 0 N–H and O–H groups in total. The molecule has 3 rings (SSSR count). The Bertz CT molecular complexity index is 584. The molecule has 1 fully saturated rings. The van der Waals surface area contributed by atoms with Crippen molar-refractivity contribution in [2.75, 3.05) is 13.7 Å². The van der Waals surface area contributed by atoms with Gasteiger partial charge in [-0.1, -0.05) is 82.6 Å². The van der Waals surface area contributed by atoms with Crippen LogP contribution in [0.15, 0.2) is 48.5 Å². The van der Waals surface area contributed by atoms with Crippen molar-refractivity contribution in [3.63, 3.8) is 0 Å². The molecule has 2 aromatic carbocycles. The lowest BCUT2D eigenvalue weighted by Crippen LogP contribution is -2.50. The van der Waals surface area contributed by atoms with Crippen molar-refractivity contribution in [2.24, 2.45) is 11.3 Å². The van der Waals surface area contributed by atoms with Gasteiger partial charge in [0.05, 0.1) is 12.2 Å². The molecule has 0 amide bonds. The minimum absolute atomic E-state index is 0.252. The van der Waals surface area contributed by atoms with Crippen molar-refractivity contribution in [2.45, 2.75) is 65.6 Å². The van der Waals surface area contributed by atoms with E-state index in [9.17, 15) is 0 Å². The van der Waals surface area contributed by atoms with Gasteiger partial charge in [-0.3, -0.25) is 0 Å². The zero-order chi connectivity index (χ0) is 19.0. The van der Waals surface area contributed by atoms with Crippen LogP contribution in [0.3, 0.4) is 0 Å². The van der Waals surface area contributed by atoms with Crippen molar-refractivity contribution in [1.29, 1.82) is 0 Å². The number of hydrogen-bond acceptors (Lipinski definition) is 2. The van der Waals surface area contributed by atoms with Crippen LogP contribution in [-0.2, 0) is 9.47 Å². The molecule has 2 aromatic rings. The van der Waals surface area contributed by atoms with Crippen LogP contribution in [0.4, 0.5) is 0 Å². The summed E-state index contributed by atoms with van der Waals surface area (Å²) in [5, 5.41) is 2.62. The Morgan fingerprint density at radius 1 is 0.962 bits per heavy atom. The zero-order valence-corrected chi connectivity index (χ0v) is 17.2. The molecule has 1 aliphatic rings. The number of rotatable bonds is 5. The predicted octanol–water partition coefficient (Wildman–Crippen LogP) is 6.48. The van der Waals surface area contributed by atoms with Gasteiger partial charge in [0, 0.05) is 13.7 Å². The Morgan fingerprint density at radius 3 is 1.92 bits per heavy atom. The van der Waals surface area contributed by atoms with Crippen LogP contribution >= 0.6 is 0 Å². The van der Waals surface area contributed by atoms with Crippen LogP contribution in [0.1, 0.15) is 53.4 Å². The molecule has 0 bridgehead atoms. The highest BCUT2D eigenvalue weighted by atomic mass is 16.5. The monoisotopic (exact) mass is 356 g/mol. The molecular formula is C24H36O2. The summed E-state index contributed by atoms with van der Waals surface area (Å²) in [4.78, 5) is 0. The fourth-order valence-corrected chi connectivity index (χ4v) is 4.01. The van der Waals surface area contributed by atoms with Gasteiger partial charge in [0.15, 0.2) is 0 Å². The molecule has 0 aromatic heterocycles. The normalized spacial score (nSPS) is 24.7. The highest BCUT2D eigenvalue weighted by Crippen LogP contribution is 2.42. The third-order valence-corrected chi connectivity index (χ3v) is 5.65. The van der Waals surface area contributed by atoms with Crippen molar-refractivity contribution in [3.05, 3.63) is 48.5 Å². The SMILES string of the molecule is CCCOC1C(OC)C(CC)CCC1(C)C.c1ccc2ccccc2c1. The predicted molar refractivity (Wildman–Crippen MR) is 112 cm³/mol. The van der Waals surface area contributed by atoms with Crippen molar-refractivity contribution >= 4 is 10.8 Å². The third kappa shape index (κ3) is 5.31. The lowest BCUT2D eigenvalue weighted by Gasteiger charge is -2.46. The summed E-state index contributed by atoms with van der Waals surface area (Å²) in [6, 6.07) is 16.7. The van der Waals surface area contributed by atoms with Crippen LogP contribution < -0.4 is 0 Å². The third-order valence-electron chi connectivity index (χ3n) is 5.65. The number of methoxy groups -OCH3 is 1. The lowest BCUT2D eigenvalue weighted by molar-refractivity contribution is -0.155. The molecule has 2 heteroatoms. The Hall–Kier alpha value is -1.38. The quantitative estimate of drug-likeness (QED) is 0.610. The zero-order valence-electron chi connectivity index (χ0n) is 17.2. The second-order valence-electron chi connectivity index (χ2n) is 8.03. The van der Waals surface area contributed by atoms with E-state index in [4.69, 9.17) is 9.47 Å². The maximum Gasteiger partial charge on any atom is 0.0889 e. The fraction of sp³-hybridized carbons (Fsp3) is 0.583. The fourth-order valence-electron chi connectivity index (χ4n) is 4.01. The molecule has 1 saturated carbocycles. The average Bonchev–Trinajstić information content (AvgIpc) is 2.67. The largest absolute Gasteiger partial charge is 0.378 e. The summed E-state index contributed by atoms with van der Waals surface area (Å²) in [5.74, 6) is 0.667. The van der Waals surface area contributed by atoms with Gasteiger partial charge in [0.25, 0.3) is 0 Å². The molecule has 26 heavy (non-hydrogen) atoms. The smallest absolute Gasteiger partial charge is 0.0889 e. The number of ether oxygens (including phenoxy) is 2. The van der Waals surface area contributed by atoms with E-state index in [1.54, 1.807) is 0 Å². The molecule has 0 spiro atoms. The maximum absolute atomic E-state index is 6.06. The van der Waals surface area contributed by atoms with Gasteiger partial charge >= 0.3 is 0 Å². The van der Waals surface area contributed by atoms with Crippen LogP contribution in [-0.4, -0.2) is 25.9 Å². The Kier molecular flexibility index (Phi) is 8.12. The Balaban J connectivity index is 0.000000206. The van der Waals surface area contributed by atoms with Gasteiger partial charge in [0.2, 0.25) is 0 Å². The van der Waals surface area contributed by atoms with E-state index >= 15 is 0 Å². The first kappa shape index (κ1) is 20.9. The molecule has 2 nitrogen and oxygen atoms in total. The number of fused-ring (bicyclic) bond motifs is 1. The Morgan fingerprint density at radius 2 is 1.50 bits per heavy atom. The molecule has 0 radical (unpaired) electrons. The van der Waals surface area contributed by atoms with Crippen LogP contribution in [0.5, 0.6) is 0 Å². The second kappa shape index (κ2) is 10.1. The van der Waals surface area contributed by atoms with Gasteiger partial charge in [-0.25, -0.2) is 0 Å². The first-order chi connectivity index (χ1) is 12.5. The first-order valence-corrected chi connectivity index (χ1v) is 10.1. The summed E-state index contributed by atoms with van der Waals surface area (Å²) in [6.07, 6.45) is 5.34. The van der Waals surface area contributed by atoms with E-state index in [0.29, 0.717) is 5.92 Å². The summed E-state index contributed by atoms with van der Waals surface area (Å²) in [6.45, 7) is 9.89. The molecule has 0 heterocycles. The molecule has 1 aliphatic carbocycles. The van der Waals surface area contributed by atoms with E-state index in [1.807, 2.05) is 7.11 Å². The summed E-state index contributed by atoms with van der Waals surface area (Å²) in [5.41, 5.74) is 0.252. The maximum atomic E-state index is 6.06. The first-order valence-electron chi connectivity index (χ1n) is 10.1. The summed E-state index contributed by atoms with van der Waals surface area (Å²) < 4.78 is 11.8. The van der Waals surface area contributed by atoms with Gasteiger partial charge in [-0.05, 0) is 41.4 Å². The second-order valence-corrected chi connectivity index (χ2v) is 8.03. The minimum Gasteiger partial charge on any atom is -0.378 e. The van der Waals surface area contributed by atoms with E-state index in [-0.39, 0.29) is 17.6 Å². The van der Waals surface area contributed by atoms with Crippen LogP contribution in [0.25, 0.3) is 10.8 Å². The van der Waals surface area contributed by atoms with Crippen LogP contribution in [0, 0.1) is 11.3 Å². The van der Waals surface area contributed by atoms with Gasteiger partial charge < -0.3 is 9.47 Å². The van der Waals surface area contributed by atoms with Gasteiger partial charge in [0.1, 0.15) is 0 Å². The summed E-state index contributed by atoms with van der Waals surface area (Å²) >= 11 is 0.